The Morgan fingerprint density at radius 3 is 1.40 bits per heavy atom. The predicted octanol–water partition coefficient (Wildman–Crippen LogP) is 3.10. The van der Waals surface area contributed by atoms with Crippen molar-refractivity contribution in [3.05, 3.63) is 7.40 Å². The van der Waals surface area contributed by atoms with Gasteiger partial charge in [-0.1, -0.05) is 0 Å². The molecule has 0 amide bonds. The van der Waals surface area contributed by atoms with E-state index >= 15 is 0 Å². The third-order valence-corrected chi connectivity index (χ3v) is 0. The van der Waals surface area contributed by atoms with Gasteiger partial charge in [0.2, 0.25) is 0 Å². The molecule has 0 aliphatic heterocycles. The van der Waals surface area contributed by atoms with Crippen molar-refractivity contribution in [3.63, 3.8) is 0 Å². The first-order chi connectivity index (χ1) is 2.73. The molecule has 0 N–H and O–H groups in total. The Kier molecular flexibility index (Phi) is 10.5. The average Bonchev–Trinajstić information content (AvgIpc) is 1.41. The van der Waals surface area contributed by atoms with Crippen LogP contribution in [0.4, 0.5) is 0 Å². The van der Waals surface area contributed by atoms with Crippen LogP contribution in [0.1, 0.15) is 1.37 Å². The molecule has 5 heavy (non-hydrogen) atoms. The van der Waals surface area contributed by atoms with Crippen molar-refractivity contribution in [2.45, 2.75) is 0 Å². The fourth-order valence-electron chi connectivity index (χ4n) is 0. The molecule has 0 aromatic rings. The molecular weight excluding hydrogens is 444 g/mol. The van der Waals surface area contributed by atoms with E-state index in [1.165, 1.54) is 0 Å². The molecular formula is CH3I3V-. The van der Waals surface area contributed by atoms with Crippen LogP contribution in [0, 0.1) is 7.40 Å². The number of hydrogen-bond acceptors (Lipinski definition) is 0. The van der Waals surface area contributed by atoms with Crippen molar-refractivity contribution in [2.75, 3.05) is 0 Å². The topological polar surface area (TPSA) is 0 Å². The van der Waals surface area contributed by atoms with Crippen LogP contribution in [0.15, 0.2) is 0 Å². The molecule has 0 spiro atoms. The van der Waals surface area contributed by atoms with Crippen molar-refractivity contribution in [2.24, 2.45) is 0 Å². The molecule has 4 heteroatoms. The molecule has 0 saturated carbocycles. The zero-order chi connectivity index (χ0) is 5.58. The van der Waals surface area contributed by atoms with E-state index in [4.69, 9.17) is 1.37 Å². The van der Waals surface area contributed by atoms with Gasteiger partial charge in [0, 0.05) is 0 Å². The first-order valence-electron chi connectivity index (χ1n) is 1.21. The molecule has 0 fully saturated rings. The van der Waals surface area contributed by atoms with Gasteiger partial charge < -0.3 is 7.40 Å². The van der Waals surface area contributed by atoms with Crippen molar-refractivity contribution in [3.8, 4) is 0 Å². The summed E-state index contributed by atoms with van der Waals surface area (Å²) in [6.07, 6.45) is 0. The van der Waals surface area contributed by atoms with Crippen LogP contribution in [0.2, 0.25) is 0 Å². The average molecular weight is 448 g/mol. The Balaban J connectivity index is 0. The molecule has 0 nitrogen and oxygen atoms in total. The van der Waals surface area contributed by atoms with Crippen molar-refractivity contribution < 1.29 is 6.29 Å². The van der Waals surface area contributed by atoms with Crippen molar-refractivity contribution >= 4 is 59.9 Å². The van der Waals surface area contributed by atoms with Crippen LogP contribution in [-0.2, 0) is 4.92 Å². The van der Waals surface area contributed by atoms with Gasteiger partial charge in [0.05, 0.1) is 0 Å². The van der Waals surface area contributed by atoms with Gasteiger partial charge in [0.25, 0.3) is 0 Å². The minimum absolute atomic E-state index is 0.278. The van der Waals surface area contributed by atoms with Crippen LogP contribution >= 0.6 is 59.9 Å². The van der Waals surface area contributed by atoms with Crippen molar-refractivity contribution in [1.82, 2.24) is 0 Å². The van der Waals surface area contributed by atoms with Crippen molar-refractivity contribution in [1.29, 1.82) is 0 Å². The molecule has 0 unspecified atom stereocenters. The van der Waals surface area contributed by atoms with E-state index in [1.807, 2.05) is 0 Å². The molecule has 0 bridgehead atoms. The molecule has 0 radical (unpaired) electrons. The standard InChI is InChI=1S/CH3.3HI.V/h1H3;3*1H;/q-1;;;;+3/p-3/i1D;;;;. The number of hydrogen-bond donors (Lipinski definition) is 0. The molecule has 0 aromatic heterocycles. The first kappa shape index (κ1) is 7.77. The second-order valence-electron chi connectivity index (χ2n) is 0.192. The van der Waals surface area contributed by atoms with Gasteiger partial charge in [-0.15, -0.1) is 0 Å². The summed E-state index contributed by atoms with van der Waals surface area (Å²) in [5.41, 5.74) is 0. The van der Waals surface area contributed by atoms with Gasteiger partial charge in [-0.25, -0.2) is 1.37 Å². The van der Waals surface area contributed by atoms with Crippen LogP contribution in [0.3, 0.4) is 0 Å². The zero-order valence-corrected chi connectivity index (χ0v) is 10.2. The third kappa shape index (κ3) is 20.1. The summed E-state index contributed by atoms with van der Waals surface area (Å²) < 4.78 is 5.50. The third-order valence-electron chi connectivity index (χ3n) is 0. The van der Waals surface area contributed by atoms with Crippen LogP contribution in [0.25, 0.3) is 0 Å². The Hall–Kier alpha value is 2.77. The molecule has 0 aliphatic carbocycles. The Morgan fingerprint density at radius 2 is 1.40 bits per heavy atom. The summed E-state index contributed by atoms with van der Waals surface area (Å²) in [7, 11) is 2.50. The second-order valence-corrected chi connectivity index (χ2v) is 35.6. The Labute approximate surface area is 72.0 Å². The van der Waals surface area contributed by atoms with Gasteiger partial charge in [-0.05, 0) is 0 Å². The maximum atomic E-state index is 5.50. The quantitative estimate of drug-likeness (QED) is 0.395. The summed E-state index contributed by atoms with van der Waals surface area (Å²) >= 11 is 7.39. The van der Waals surface area contributed by atoms with Crippen LogP contribution in [-0.4, -0.2) is 0 Å². The first-order valence-corrected chi connectivity index (χ1v) is 14.0. The molecule has 0 saturated heterocycles. The summed E-state index contributed by atoms with van der Waals surface area (Å²) in [5, 5.41) is 0. The van der Waals surface area contributed by atoms with Gasteiger partial charge in [-0.2, -0.15) is 0 Å². The van der Waals surface area contributed by atoms with Crippen LogP contribution < -0.4 is 0 Å². The van der Waals surface area contributed by atoms with E-state index in [9.17, 15) is 0 Å². The number of rotatable bonds is 0. The molecule has 0 rings (SSSR count). The van der Waals surface area contributed by atoms with Gasteiger partial charge in [-0.3, -0.25) is 0 Å². The Bertz CT molecular complexity index is 15.5. The Morgan fingerprint density at radius 1 is 1.40 bits per heavy atom. The molecule has 34 valence electrons. The second kappa shape index (κ2) is 6.77. The van der Waals surface area contributed by atoms with Gasteiger partial charge >= 0.3 is 64.9 Å². The van der Waals surface area contributed by atoms with Crippen LogP contribution in [0.5, 0.6) is 0 Å². The summed E-state index contributed by atoms with van der Waals surface area (Å²) in [4.78, 5) is -0.278. The zero-order valence-electron chi connectivity index (χ0n) is 3.29. The van der Waals surface area contributed by atoms with E-state index in [2.05, 4.69) is 67.3 Å². The number of halogens is 3. The SMILES string of the molecule is [2H][CH2-].[I][V]([I])[I]. The van der Waals surface area contributed by atoms with E-state index < -0.39 is 0 Å². The van der Waals surface area contributed by atoms with E-state index in [1.54, 1.807) is 0 Å². The summed E-state index contributed by atoms with van der Waals surface area (Å²) in [5.74, 6) is 0. The fourth-order valence-corrected chi connectivity index (χ4v) is 0. The molecule has 0 heterocycles. The van der Waals surface area contributed by atoms with Gasteiger partial charge in [0.15, 0.2) is 0 Å². The molecule has 0 aliphatic rings. The molecule has 0 aromatic carbocycles. The monoisotopic (exact) mass is 448 g/mol. The van der Waals surface area contributed by atoms with Gasteiger partial charge in [0.1, 0.15) is 0 Å². The molecule has 0 atom stereocenters. The summed E-state index contributed by atoms with van der Waals surface area (Å²) in [6, 6.07) is 0. The predicted molar refractivity (Wildman–Crippen MR) is 48.5 cm³/mol. The fraction of sp³-hybridized carbons (Fsp3) is 0. The maximum absolute atomic E-state index is 5.50. The normalized spacial score (nSPS) is 8.60. The summed E-state index contributed by atoms with van der Waals surface area (Å²) in [6.45, 7) is 0. The van der Waals surface area contributed by atoms with E-state index in [0.29, 0.717) is 0 Å². The van der Waals surface area contributed by atoms with E-state index in [0.717, 1.165) is 0 Å². The van der Waals surface area contributed by atoms with E-state index in [-0.39, 0.29) is 4.92 Å². The minimum atomic E-state index is -0.278.